The second-order valence-corrected chi connectivity index (χ2v) is 8.67. The van der Waals surface area contributed by atoms with Crippen LogP contribution in [-0.2, 0) is 10.3 Å². The zero-order valence-electron chi connectivity index (χ0n) is 18.8. The minimum Gasteiger partial charge on any atom is -0.385 e. The van der Waals surface area contributed by atoms with E-state index >= 15 is 0 Å². The fourth-order valence-corrected chi connectivity index (χ4v) is 5.23. The number of benzene rings is 1. The van der Waals surface area contributed by atoms with E-state index in [1.165, 1.54) is 5.56 Å². The summed E-state index contributed by atoms with van der Waals surface area (Å²) in [5.74, 6) is 0.103. The predicted molar refractivity (Wildman–Crippen MR) is 121 cm³/mol. The minimum atomic E-state index is -0.242. The molecule has 0 radical (unpaired) electrons. The number of urea groups is 1. The number of nitriles is 1. The van der Waals surface area contributed by atoms with Crippen molar-refractivity contribution in [1.29, 1.82) is 5.26 Å². The Morgan fingerprint density at radius 3 is 2.44 bits per heavy atom. The summed E-state index contributed by atoms with van der Waals surface area (Å²) in [7, 11) is 3.71. The number of anilines is 1. The monoisotopic (exact) mass is 434 g/mol. The molecule has 0 bridgehead atoms. The number of hydrogen-bond donors (Lipinski definition) is 1. The molecule has 32 heavy (non-hydrogen) atoms. The first-order valence-corrected chi connectivity index (χ1v) is 11.1. The summed E-state index contributed by atoms with van der Waals surface area (Å²) < 4.78 is 5.25. The van der Waals surface area contributed by atoms with Crippen molar-refractivity contribution in [1.82, 2.24) is 20.2 Å². The first-order valence-electron chi connectivity index (χ1n) is 11.1. The zero-order chi connectivity index (χ0) is 22.6. The third-order valence-electron chi connectivity index (χ3n) is 7.11. The Hall–Kier alpha value is -3.02. The predicted octanol–water partition coefficient (Wildman–Crippen LogP) is 3.05. The molecular weight excluding hydrogens is 404 g/mol. The van der Waals surface area contributed by atoms with Gasteiger partial charge in [-0.05, 0) is 44.7 Å². The number of nitrogens with one attached hydrogen (secondary N) is 1. The summed E-state index contributed by atoms with van der Waals surface area (Å²) in [4.78, 5) is 25.5. The normalized spacial score (nSPS) is 25.3. The number of rotatable bonds is 7. The van der Waals surface area contributed by atoms with Crippen molar-refractivity contribution < 1.29 is 9.53 Å². The van der Waals surface area contributed by atoms with Gasteiger partial charge in [-0.1, -0.05) is 30.3 Å². The van der Waals surface area contributed by atoms with Crippen LogP contribution in [0, 0.1) is 11.3 Å². The van der Waals surface area contributed by atoms with Gasteiger partial charge in [0.25, 0.3) is 0 Å². The second-order valence-electron chi connectivity index (χ2n) is 8.67. The molecule has 8 nitrogen and oxygen atoms in total. The quantitative estimate of drug-likeness (QED) is 0.673. The molecule has 1 aliphatic heterocycles. The van der Waals surface area contributed by atoms with Gasteiger partial charge in [-0.15, -0.1) is 0 Å². The van der Waals surface area contributed by atoms with Crippen molar-refractivity contribution in [3.63, 3.8) is 0 Å². The van der Waals surface area contributed by atoms with Crippen LogP contribution in [0.5, 0.6) is 0 Å². The highest BCUT2D eigenvalue weighted by molar-refractivity contribution is 5.95. The van der Waals surface area contributed by atoms with Gasteiger partial charge < -0.3 is 15.0 Å². The summed E-state index contributed by atoms with van der Waals surface area (Å²) in [5, 5.41) is 12.6. The number of carbonyl (C=O) groups is 1. The third-order valence-corrected chi connectivity index (χ3v) is 7.11. The van der Waals surface area contributed by atoms with Crippen LogP contribution in [0.25, 0.3) is 0 Å². The minimum absolute atomic E-state index is 0.0221. The molecule has 1 saturated heterocycles. The van der Waals surface area contributed by atoms with E-state index in [1.807, 2.05) is 24.1 Å². The van der Waals surface area contributed by atoms with Gasteiger partial charge in [0.2, 0.25) is 5.82 Å². The van der Waals surface area contributed by atoms with Crippen molar-refractivity contribution >= 4 is 11.7 Å². The fraction of sp³-hybridized carbons (Fsp3) is 0.500. The molecule has 2 aromatic rings. The maximum atomic E-state index is 13.5. The molecule has 4 rings (SSSR count). The molecule has 2 fully saturated rings. The van der Waals surface area contributed by atoms with Gasteiger partial charge in [0.15, 0.2) is 0 Å². The standard InChI is InChI=1S/C24H30N6O2/c1-26-24(19-7-4-3-5-8-19)11-9-23(10-12-24)18-29(20-16-27-21(15-25)28-17-20)22(31)30(23)13-6-14-32-2/h3-5,7-8,16-17,26H,6,9-14,18H2,1-2H3/t23-,24+. The van der Waals surface area contributed by atoms with Crippen molar-refractivity contribution in [3.05, 3.63) is 54.1 Å². The molecule has 0 atom stereocenters. The van der Waals surface area contributed by atoms with E-state index in [2.05, 4.69) is 39.6 Å². The van der Waals surface area contributed by atoms with Crippen LogP contribution >= 0.6 is 0 Å². The largest absolute Gasteiger partial charge is 0.385 e. The van der Waals surface area contributed by atoms with Gasteiger partial charge in [-0.2, -0.15) is 5.26 Å². The highest BCUT2D eigenvalue weighted by atomic mass is 16.5. The lowest BCUT2D eigenvalue weighted by Crippen LogP contribution is -2.55. The fourth-order valence-electron chi connectivity index (χ4n) is 5.23. The Morgan fingerprint density at radius 1 is 1.16 bits per heavy atom. The van der Waals surface area contributed by atoms with Crippen LogP contribution in [0.4, 0.5) is 10.5 Å². The van der Waals surface area contributed by atoms with Crippen LogP contribution in [-0.4, -0.2) is 60.3 Å². The molecule has 1 saturated carbocycles. The SMILES string of the molecule is CN[C@]1(c2ccccc2)CC[C@]2(CC1)CN(c1cnc(C#N)nc1)C(=O)N2CCCOC. The second kappa shape index (κ2) is 9.23. The highest BCUT2D eigenvalue weighted by Crippen LogP contribution is 2.47. The van der Waals surface area contributed by atoms with Gasteiger partial charge >= 0.3 is 6.03 Å². The average Bonchev–Trinajstić information content (AvgIpc) is 3.12. The molecule has 2 amide bonds. The van der Waals surface area contributed by atoms with Crippen LogP contribution in [0.2, 0.25) is 0 Å². The van der Waals surface area contributed by atoms with Crippen LogP contribution < -0.4 is 10.2 Å². The lowest BCUT2D eigenvalue weighted by atomic mass is 9.69. The van der Waals surface area contributed by atoms with Gasteiger partial charge in [0, 0.05) is 25.8 Å². The van der Waals surface area contributed by atoms with E-state index in [-0.39, 0.29) is 22.9 Å². The summed E-state index contributed by atoms with van der Waals surface area (Å²) in [5.41, 5.74) is 1.60. The summed E-state index contributed by atoms with van der Waals surface area (Å²) in [6.07, 6.45) is 7.61. The topological polar surface area (TPSA) is 94.4 Å². The highest BCUT2D eigenvalue weighted by Gasteiger charge is 2.53. The molecule has 2 aliphatic rings. The Balaban J connectivity index is 1.60. The molecule has 8 heteroatoms. The molecule has 1 aliphatic carbocycles. The first kappa shape index (κ1) is 22.2. The van der Waals surface area contributed by atoms with Crippen LogP contribution in [0.15, 0.2) is 42.7 Å². The molecule has 0 unspecified atom stereocenters. The molecule has 1 aromatic carbocycles. The Kier molecular flexibility index (Phi) is 6.40. The summed E-state index contributed by atoms with van der Waals surface area (Å²) >= 11 is 0. The Labute approximate surface area is 189 Å². The molecule has 2 heterocycles. The van der Waals surface area contributed by atoms with E-state index in [4.69, 9.17) is 10.00 Å². The van der Waals surface area contributed by atoms with Crippen molar-refractivity contribution in [2.75, 3.05) is 38.8 Å². The van der Waals surface area contributed by atoms with Crippen molar-refractivity contribution in [2.24, 2.45) is 0 Å². The summed E-state index contributed by atoms with van der Waals surface area (Å²) in [6, 6.07) is 12.5. The number of amides is 2. The summed E-state index contributed by atoms with van der Waals surface area (Å²) in [6.45, 7) is 1.87. The van der Waals surface area contributed by atoms with Crippen molar-refractivity contribution in [3.8, 4) is 6.07 Å². The van der Waals surface area contributed by atoms with Gasteiger partial charge in [0.05, 0.1) is 30.2 Å². The smallest absolute Gasteiger partial charge is 0.325 e. The molecule has 168 valence electrons. The van der Waals surface area contributed by atoms with E-state index < -0.39 is 0 Å². The van der Waals surface area contributed by atoms with E-state index in [0.717, 1.165) is 32.1 Å². The molecular formula is C24H30N6O2. The maximum Gasteiger partial charge on any atom is 0.325 e. The zero-order valence-corrected chi connectivity index (χ0v) is 18.8. The van der Waals surface area contributed by atoms with Crippen LogP contribution in [0.3, 0.4) is 0 Å². The van der Waals surface area contributed by atoms with E-state index in [1.54, 1.807) is 24.4 Å². The van der Waals surface area contributed by atoms with Gasteiger partial charge in [-0.25, -0.2) is 14.8 Å². The van der Waals surface area contributed by atoms with Crippen LogP contribution in [0.1, 0.15) is 43.5 Å². The molecule has 1 N–H and O–H groups in total. The molecule has 1 aromatic heterocycles. The van der Waals surface area contributed by atoms with Crippen molar-refractivity contribution in [2.45, 2.75) is 43.2 Å². The lowest BCUT2D eigenvalue weighted by Gasteiger charge is -2.48. The number of methoxy groups -OCH3 is 1. The average molecular weight is 435 g/mol. The molecule has 1 spiro atoms. The number of aromatic nitrogens is 2. The van der Waals surface area contributed by atoms with E-state index in [9.17, 15) is 4.79 Å². The Morgan fingerprint density at radius 2 is 1.84 bits per heavy atom. The van der Waals surface area contributed by atoms with Gasteiger partial charge in [0.1, 0.15) is 6.07 Å². The number of nitrogens with zero attached hydrogens (tertiary/aromatic N) is 5. The maximum absolute atomic E-state index is 13.5. The van der Waals surface area contributed by atoms with E-state index in [0.29, 0.717) is 25.4 Å². The number of hydrogen-bond acceptors (Lipinski definition) is 6. The number of ether oxygens (including phenoxy) is 1. The van der Waals surface area contributed by atoms with Gasteiger partial charge in [-0.3, -0.25) is 4.90 Å². The Bertz CT molecular complexity index is 964. The lowest BCUT2D eigenvalue weighted by molar-refractivity contribution is 0.0722. The first-order chi connectivity index (χ1) is 15.6. The number of carbonyl (C=O) groups excluding carboxylic acids is 1. The third kappa shape index (κ3) is 3.94.